The Morgan fingerprint density at radius 2 is 1.50 bits per heavy atom. The molecule has 6 aromatic rings. The third-order valence-corrected chi connectivity index (χ3v) is 6.41. The second-order valence-electron chi connectivity index (χ2n) is 8.34. The standard InChI is InChI=1S/C30H24NO/c1-19-18-31(3)28(17-27(19)21-9-5-4-6-10-21)23-15-16-25-26-14-13-22-11-7-8-12-24(22)30(26)32-29(25)20(23)2/h4-18H,1-3H3/q+1/i1D3. The number of fused-ring (bicyclic) bond motifs is 5. The fraction of sp³-hybridized carbons (Fsp3) is 0.100. The van der Waals surface area contributed by atoms with Crippen LogP contribution < -0.4 is 4.57 Å². The topological polar surface area (TPSA) is 17.0 Å². The molecule has 2 heteroatoms. The van der Waals surface area contributed by atoms with Crippen LogP contribution in [0.5, 0.6) is 0 Å². The van der Waals surface area contributed by atoms with Crippen LogP contribution in [0.3, 0.4) is 0 Å². The molecule has 2 aromatic heterocycles. The molecule has 2 nitrogen and oxygen atoms in total. The number of rotatable bonds is 2. The highest BCUT2D eigenvalue weighted by Gasteiger charge is 2.20. The highest BCUT2D eigenvalue weighted by atomic mass is 16.3. The number of hydrogen-bond acceptors (Lipinski definition) is 1. The minimum absolute atomic E-state index is 0.337. The zero-order valence-electron chi connectivity index (χ0n) is 21.0. The Morgan fingerprint density at radius 3 is 2.34 bits per heavy atom. The molecule has 0 radical (unpaired) electrons. The summed E-state index contributed by atoms with van der Waals surface area (Å²) in [6.07, 6.45) is 1.74. The molecule has 32 heavy (non-hydrogen) atoms. The Bertz CT molecular complexity index is 1750. The third-order valence-electron chi connectivity index (χ3n) is 6.41. The zero-order valence-corrected chi connectivity index (χ0v) is 18.0. The van der Waals surface area contributed by atoms with Crippen molar-refractivity contribution in [1.29, 1.82) is 0 Å². The number of pyridine rings is 1. The van der Waals surface area contributed by atoms with E-state index in [0.29, 0.717) is 11.1 Å². The lowest BCUT2D eigenvalue weighted by atomic mass is 9.96. The molecular weight excluding hydrogens is 390 g/mol. The average molecular weight is 418 g/mol. The Morgan fingerprint density at radius 1 is 0.750 bits per heavy atom. The predicted octanol–water partition coefficient (Wildman–Crippen LogP) is 7.51. The van der Waals surface area contributed by atoms with Gasteiger partial charge in [-0.15, -0.1) is 0 Å². The van der Waals surface area contributed by atoms with Gasteiger partial charge >= 0.3 is 0 Å². The van der Waals surface area contributed by atoms with E-state index in [1.54, 1.807) is 6.20 Å². The van der Waals surface area contributed by atoms with E-state index in [-0.39, 0.29) is 0 Å². The van der Waals surface area contributed by atoms with Crippen LogP contribution in [-0.4, -0.2) is 0 Å². The van der Waals surface area contributed by atoms with Gasteiger partial charge in [0.2, 0.25) is 5.69 Å². The molecule has 0 spiro atoms. The summed E-state index contributed by atoms with van der Waals surface area (Å²) in [5, 5.41) is 4.43. The van der Waals surface area contributed by atoms with E-state index in [0.717, 1.165) is 55.1 Å². The first-order chi connectivity index (χ1) is 16.8. The largest absolute Gasteiger partial charge is 0.455 e. The number of benzene rings is 4. The van der Waals surface area contributed by atoms with Crippen LogP contribution >= 0.6 is 0 Å². The Labute approximate surface area is 191 Å². The first-order valence-electron chi connectivity index (χ1n) is 12.3. The normalized spacial score (nSPS) is 13.4. The molecular formula is C30H24NO+. The van der Waals surface area contributed by atoms with Crippen molar-refractivity contribution in [2.75, 3.05) is 0 Å². The summed E-state index contributed by atoms with van der Waals surface area (Å²) in [7, 11) is 1.90. The van der Waals surface area contributed by atoms with Gasteiger partial charge in [-0.05, 0) is 48.5 Å². The van der Waals surface area contributed by atoms with Crippen LogP contribution in [0.2, 0.25) is 0 Å². The summed E-state index contributed by atoms with van der Waals surface area (Å²) in [4.78, 5) is 0. The Balaban J connectivity index is 1.62. The summed E-state index contributed by atoms with van der Waals surface area (Å²) < 4.78 is 32.7. The van der Waals surface area contributed by atoms with Gasteiger partial charge in [0, 0.05) is 37.5 Å². The van der Waals surface area contributed by atoms with Crippen molar-refractivity contribution in [3.63, 3.8) is 0 Å². The van der Waals surface area contributed by atoms with Gasteiger partial charge in [0.25, 0.3) is 0 Å². The second kappa shape index (κ2) is 7.06. The Hall–Kier alpha value is -3.91. The summed E-state index contributed by atoms with van der Waals surface area (Å²) in [5.41, 5.74) is 6.66. The lowest BCUT2D eigenvalue weighted by Gasteiger charge is -2.10. The molecule has 4 aromatic carbocycles. The molecule has 0 N–H and O–H groups in total. The molecule has 6 rings (SSSR count). The Kier molecular flexibility index (Phi) is 3.49. The monoisotopic (exact) mass is 417 g/mol. The van der Waals surface area contributed by atoms with Crippen LogP contribution in [0.15, 0.2) is 95.5 Å². The third kappa shape index (κ3) is 2.76. The van der Waals surface area contributed by atoms with Gasteiger partial charge in [0.15, 0.2) is 6.20 Å². The fourth-order valence-corrected chi connectivity index (χ4v) is 4.75. The second-order valence-corrected chi connectivity index (χ2v) is 8.34. The highest BCUT2D eigenvalue weighted by molar-refractivity contribution is 6.16. The van der Waals surface area contributed by atoms with Crippen LogP contribution in [0.1, 0.15) is 15.2 Å². The number of aromatic nitrogens is 1. The molecule has 2 heterocycles. The molecule has 0 saturated heterocycles. The summed E-state index contributed by atoms with van der Waals surface area (Å²) in [5.74, 6) is 0. The van der Waals surface area contributed by atoms with E-state index < -0.39 is 6.85 Å². The zero-order chi connectivity index (χ0) is 24.3. The quantitative estimate of drug-likeness (QED) is 0.266. The van der Waals surface area contributed by atoms with Crippen molar-refractivity contribution in [1.82, 2.24) is 0 Å². The summed E-state index contributed by atoms with van der Waals surface area (Å²) >= 11 is 0. The van der Waals surface area contributed by atoms with Crippen molar-refractivity contribution < 1.29 is 13.1 Å². The maximum absolute atomic E-state index is 8.12. The molecule has 0 fully saturated rings. The number of nitrogens with zero attached hydrogens (tertiary/aromatic N) is 1. The van der Waals surface area contributed by atoms with Crippen molar-refractivity contribution >= 4 is 32.7 Å². The number of hydrogen-bond donors (Lipinski definition) is 0. The summed E-state index contributed by atoms with van der Waals surface area (Å²) in [6.45, 7) is -0.150. The van der Waals surface area contributed by atoms with Crippen LogP contribution in [0, 0.1) is 13.8 Å². The van der Waals surface area contributed by atoms with Gasteiger partial charge in [-0.3, -0.25) is 0 Å². The van der Waals surface area contributed by atoms with E-state index in [1.807, 2.05) is 60.1 Å². The SMILES string of the molecule is [2H]C([2H])([2H])c1c[n+](C)c(-c2ccc3c(oc4c5ccccc5ccc34)c2C)cc1-c1ccccc1. The first-order valence-corrected chi connectivity index (χ1v) is 10.8. The van der Waals surface area contributed by atoms with Crippen molar-refractivity contribution in [2.45, 2.75) is 13.8 Å². The van der Waals surface area contributed by atoms with Crippen molar-refractivity contribution in [2.24, 2.45) is 7.05 Å². The number of aryl methyl sites for hydroxylation is 3. The van der Waals surface area contributed by atoms with Crippen molar-refractivity contribution in [3.8, 4) is 22.4 Å². The smallest absolute Gasteiger partial charge is 0.213 e. The van der Waals surface area contributed by atoms with E-state index in [9.17, 15) is 0 Å². The lowest BCUT2D eigenvalue weighted by molar-refractivity contribution is -0.660. The van der Waals surface area contributed by atoms with E-state index in [4.69, 9.17) is 8.53 Å². The molecule has 0 amide bonds. The molecule has 154 valence electrons. The van der Waals surface area contributed by atoms with Crippen LogP contribution in [-0.2, 0) is 7.05 Å². The van der Waals surface area contributed by atoms with Gasteiger partial charge < -0.3 is 4.42 Å². The van der Waals surface area contributed by atoms with Crippen LogP contribution in [0.25, 0.3) is 55.1 Å². The minimum Gasteiger partial charge on any atom is -0.455 e. The molecule has 0 bridgehead atoms. The predicted molar refractivity (Wildman–Crippen MR) is 133 cm³/mol. The first kappa shape index (κ1) is 15.8. The maximum Gasteiger partial charge on any atom is 0.213 e. The van der Waals surface area contributed by atoms with Gasteiger partial charge in [0.05, 0.1) is 5.56 Å². The highest BCUT2D eigenvalue weighted by Crippen LogP contribution is 2.38. The number of furan rings is 1. The lowest BCUT2D eigenvalue weighted by Crippen LogP contribution is -2.31. The van der Waals surface area contributed by atoms with E-state index in [1.165, 1.54) is 0 Å². The molecule has 0 aliphatic carbocycles. The van der Waals surface area contributed by atoms with Crippen LogP contribution in [0.4, 0.5) is 0 Å². The average Bonchev–Trinajstić information content (AvgIpc) is 3.25. The molecule has 0 aliphatic heterocycles. The van der Waals surface area contributed by atoms with Gasteiger partial charge in [-0.1, -0.05) is 60.7 Å². The van der Waals surface area contributed by atoms with Crippen molar-refractivity contribution in [3.05, 3.63) is 102 Å². The van der Waals surface area contributed by atoms with Gasteiger partial charge in [-0.25, -0.2) is 4.57 Å². The minimum atomic E-state index is -2.22. The molecule has 0 unspecified atom stereocenters. The summed E-state index contributed by atoms with van der Waals surface area (Å²) in [6, 6.07) is 28.4. The molecule has 0 saturated carbocycles. The maximum atomic E-state index is 8.12. The van der Waals surface area contributed by atoms with Gasteiger partial charge in [0.1, 0.15) is 18.2 Å². The van der Waals surface area contributed by atoms with E-state index in [2.05, 4.69) is 43.3 Å². The van der Waals surface area contributed by atoms with E-state index >= 15 is 0 Å². The molecule has 0 aliphatic rings. The fourth-order valence-electron chi connectivity index (χ4n) is 4.75. The molecule has 0 atom stereocenters. The van der Waals surface area contributed by atoms with Gasteiger partial charge in [-0.2, -0.15) is 0 Å².